The molecule has 2 aliphatic rings. The zero-order valence-corrected chi connectivity index (χ0v) is 11.3. The molecule has 0 aromatic heterocycles. The summed E-state index contributed by atoms with van der Waals surface area (Å²) in [6.07, 6.45) is 4.28. The van der Waals surface area contributed by atoms with E-state index in [0.717, 1.165) is 32.2 Å². The zero-order valence-electron chi connectivity index (χ0n) is 11.3. The molecule has 1 unspecified atom stereocenters. The van der Waals surface area contributed by atoms with Crippen LogP contribution < -0.4 is 5.32 Å². The van der Waals surface area contributed by atoms with E-state index in [-0.39, 0.29) is 23.8 Å². The van der Waals surface area contributed by atoms with Crippen LogP contribution in [0.1, 0.15) is 25.7 Å². The van der Waals surface area contributed by atoms with Gasteiger partial charge >= 0.3 is 0 Å². The van der Waals surface area contributed by atoms with Gasteiger partial charge in [0.05, 0.1) is 0 Å². The summed E-state index contributed by atoms with van der Waals surface area (Å²) in [4.78, 5) is 28.0. The Kier molecular flexibility index (Phi) is 4.22. The van der Waals surface area contributed by atoms with Crippen LogP contribution in [-0.2, 0) is 9.59 Å². The third-order valence-corrected chi connectivity index (χ3v) is 3.96. The van der Waals surface area contributed by atoms with Gasteiger partial charge in [-0.1, -0.05) is 12.8 Å². The highest BCUT2D eigenvalue weighted by molar-refractivity contribution is 5.89. The normalized spacial score (nSPS) is 25.2. The summed E-state index contributed by atoms with van der Waals surface area (Å²) in [5.74, 6) is 0.364. The van der Waals surface area contributed by atoms with Crippen molar-refractivity contribution < 1.29 is 9.59 Å². The molecule has 1 saturated carbocycles. The van der Waals surface area contributed by atoms with Gasteiger partial charge in [0.15, 0.2) is 0 Å². The van der Waals surface area contributed by atoms with Crippen molar-refractivity contribution in [3.05, 3.63) is 0 Å². The van der Waals surface area contributed by atoms with E-state index in [1.165, 1.54) is 0 Å². The fourth-order valence-corrected chi connectivity index (χ4v) is 2.89. The molecular formula is C13H23N3O2. The largest absolute Gasteiger partial charge is 0.347 e. The Bertz CT molecular complexity index is 324. The Labute approximate surface area is 108 Å². The number of carbonyl (C=O) groups is 2. The Hall–Kier alpha value is -1.10. The Morgan fingerprint density at radius 3 is 2.50 bits per heavy atom. The fraction of sp³-hybridized carbons (Fsp3) is 0.846. The maximum absolute atomic E-state index is 12.5. The Balaban J connectivity index is 2.07. The molecule has 0 radical (unpaired) electrons. The molecule has 0 bridgehead atoms. The van der Waals surface area contributed by atoms with E-state index >= 15 is 0 Å². The molecule has 1 aliphatic heterocycles. The van der Waals surface area contributed by atoms with Gasteiger partial charge in [-0.15, -0.1) is 0 Å². The lowest BCUT2D eigenvalue weighted by atomic mass is 10.0. The molecule has 18 heavy (non-hydrogen) atoms. The van der Waals surface area contributed by atoms with Crippen molar-refractivity contribution in [3.8, 4) is 0 Å². The van der Waals surface area contributed by atoms with Gasteiger partial charge in [0, 0.05) is 39.6 Å². The molecule has 1 N–H and O–H groups in total. The fourth-order valence-electron chi connectivity index (χ4n) is 2.89. The van der Waals surface area contributed by atoms with Crippen LogP contribution in [0.25, 0.3) is 0 Å². The molecule has 2 rings (SSSR count). The van der Waals surface area contributed by atoms with Crippen molar-refractivity contribution in [3.63, 3.8) is 0 Å². The quantitative estimate of drug-likeness (QED) is 0.757. The van der Waals surface area contributed by atoms with E-state index in [2.05, 4.69) is 5.32 Å². The predicted molar refractivity (Wildman–Crippen MR) is 69.0 cm³/mol. The molecule has 0 spiro atoms. The first-order valence-corrected chi connectivity index (χ1v) is 6.83. The van der Waals surface area contributed by atoms with Crippen LogP contribution in [0.5, 0.6) is 0 Å². The average Bonchev–Trinajstić information content (AvgIpc) is 2.90. The Morgan fingerprint density at radius 1 is 1.22 bits per heavy atom. The first-order chi connectivity index (χ1) is 8.61. The highest BCUT2D eigenvalue weighted by atomic mass is 16.2. The third kappa shape index (κ3) is 2.66. The van der Waals surface area contributed by atoms with Gasteiger partial charge in [0.1, 0.15) is 6.04 Å². The standard InChI is InChI=1S/C13H23N3O2/c1-15(2)13(18)11-9-14-7-8-16(11)12(17)10-5-3-4-6-10/h10-11,14H,3-9H2,1-2H3. The lowest BCUT2D eigenvalue weighted by Gasteiger charge is -2.37. The average molecular weight is 253 g/mol. The number of hydrogen-bond donors (Lipinski definition) is 1. The number of amides is 2. The summed E-state index contributed by atoms with van der Waals surface area (Å²) >= 11 is 0. The van der Waals surface area contributed by atoms with Gasteiger partial charge in [-0.2, -0.15) is 0 Å². The molecule has 1 atom stereocenters. The molecule has 102 valence electrons. The summed E-state index contributed by atoms with van der Waals surface area (Å²) in [7, 11) is 3.49. The van der Waals surface area contributed by atoms with Crippen molar-refractivity contribution in [2.24, 2.45) is 5.92 Å². The van der Waals surface area contributed by atoms with Crippen molar-refractivity contribution in [1.82, 2.24) is 15.1 Å². The van der Waals surface area contributed by atoms with E-state index < -0.39 is 0 Å². The van der Waals surface area contributed by atoms with E-state index in [1.54, 1.807) is 23.9 Å². The number of nitrogens with one attached hydrogen (secondary N) is 1. The molecule has 2 amide bonds. The van der Waals surface area contributed by atoms with Crippen LogP contribution in [0.2, 0.25) is 0 Å². The highest BCUT2D eigenvalue weighted by Crippen LogP contribution is 2.27. The van der Waals surface area contributed by atoms with Crippen LogP contribution in [0.3, 0.4) is 0 Å². The minimum Gasteiger partial charge on any atom is -0.347 e. The number of rotatable bonds is 2. The number of piperazine rings is 1. The molecule has 2 fully saturated rings. The van der Waals surface area contributed by atoms with Crippen molar-refractivity contribution >= 4 is 11.8 Å². The van der Waals surface area contributed by atoms with Gasteiger partial charge in [0.25, 0.3) is 0 Å². The van der Waals surface area contributed by atoms with Crippen LogP contribution in [0.4, 0.5) is 0 Å². The van der Waals surface area contributed by atoms with Crippen LogP contribution >= 0.6 is 0 Å². The second kappa shape index (κ2) is 5.69. The minimum atomic E-state index is -0.318. The molecule has 1 heterocycles. The van der Waals surface area contributed by atoms with Gasteiger partial charge in [-0.25, -0.2) is 0 Å². The van der Waals surface area contributed by atoms with Crippen LogP contribution in [-0.4, -0.2) is 61.4 Å². The summed E-state index contributed by atoms with van der Waals surface area (Å²) in [6, 6.07) is -0.318. The minimum absolute atomic E-state index is 0.0218. The smallest absolute Gasteiger partial charge is 0.246 e. The van der Waals surface area contributed by atoms with E-state index in [0.29, 0.717) is 13.1 Å². The molecule has 0 aromatic carbocycles. The van der Waals surface area contributed by atoms with Crippen molar-refractivity contribution in [2.75, 3.05) is 33.7 Å². The van der Waals surface area contributed by atoms with Crippen LogP contribution in [0, 0.1) is 5.92 Å². The van der Waals surface area contributed by atoms with Gasteiger partial charge in [-0.05, 0) is 12.8 Å². The predicted octanol–water partition coefficient (Wildman–Crippen LogP) is 0.0652. The molecule has 5 nitrogen and oxygen atoms in total. The first-order valence-electron chi connectivity index (χ1n) is 6.83. The molecule has 0 aromatic rings. The topological polar surface area (TPSA) is 52.7 Å². The monoisotopic (exact) mass is 253 g/mol. The highest BCUT2D eigenvalue weighted by Gasteiger charge is 2.36. The Morgan fingerprint density at radius 2 is 1.89 bits per heavy atom. The van der Waals surface area contributed by atoms with Gasteiger partial charge < -0.3 is 15.1 Å². The molecule has 1 aliphatic carbocycles. The first kappa shape index (κ1) is 13.3. The number of carbonyl (C=O) groups excluding carboxylic acids is 2. The van der Waals surface area contributed by atoms with Crippen molar-refractivity contribution in [1.29, 1.82) is 0 Å². The molecular weight excluding hydrogens is 230 g/mol. The molecule has 5 heteroatoms. The SMILES string of the molecule is CN(C)C(=O)C1CNCCN1C(=O)C1CCCC1. The second-order valence-electron chi connectivity index (χ2n) is 5.47. The van der Waals surface area contributed by atoms with Gasteiger partial charge in [-0.3, -0.25) is 9.59 Å². The van der Waals surface area contributed by atoms with Gasteiger partial charge in [0.2, 0.25) is 11.8 Å². The lowest BCUT2D eigenvalue weighted by molar-refractivity contribution is -0.147. The summed E-state index contributed by atoms with van der Waals surface area (Å²) in [5, 5.41) is 3.20. The second-order valence-corrected chi connectivity index (χ2v) is 5.47. The third-order valence-electron chi connectivity index (χ3n) is 3.96. The van der Waals surface area contributed by atoms with E-state index in [1.807, 2.05) is 0 Å². The lowest BCUT2D eigenvalue weighted by Crippen LogP contribution is -2.60. The zero-order chi connectivity index (χ0) is 13.1. The van der Waals surface area contributed by atoms with E-state index in [4.69, 9.17) is 0 Å². The van der Waals surface area contributed by atoms with E-state index in [9.17, 15) is 9.59 Å². The number of hydrogen-bond acceptors (Lipinski definition) is 3. The number of nitrogens with zero attached hydrogens (tertiary/aromatic N) is 2. The summed E-state index contributed by atoms with van der Waals surface area (Å²) in [6.45, 7) is 2.02. The summed E-state index contributed by atoms with van der Waals surface area (Å²) in [5.41, 5.74) is 0. The maximum Gasteiger partial charge on any atom is 0.246 e. The van der Waals surface area contributed by atoms with Crippen molar-refractivity contribution in [2.45, 2.75) is 31.7 Å². The number of likely N-dealkylation sites (N-methyl/N-ethyl adjacent to an activating group) is 1. The maximum atomic E-state index is 12.5. The van der Waals surface area contributed by atoms with Crippen LogP contribution in [0.15, 0.2) is 0 Å². The molecule has 1 saturated heterocycles. The summed E-state index contributed by atoms with van der Waals surface area (Å²) < 4.78 is 0.